The van der Waals surface area contributed by atoms with Crippen molar-refractivity contribution in [3.8, 4) is 0 Å². The molecule has 2 aromatic rings. The molecule has 0 radical (unpaired) electrons. The van der Waals surface area contributed by atoms with Crippen molar-refractivity contribution in [3.05, 3.63) is 41.0 Å². The molecule has 1 aromatic heterocycles. The Kier molecular flexibility index (Phi) is 3.85. The first kappa shape index (κ1) is 14.6. The number of nitrogens with one attached hydrogen (secondary N) is 1. The number of halogens is 1. The minimum absolute atomic E-state index is 0.193. The topological polar surface area (TPSA) is 82.5 Å². The summed E-state index contributed by atoms with van der Waals surface area (Å²) in [6.45, 7) is 0.964. The van der Waals surface area contributed by atoms with Crippen molar-refractivity contribution < 1.29 is 14.7 Å². The van der Waals surface area contributed by atoms with Gasteiger partial charge in [-0.1, -0.05) is 23.7 Å². The second kappa shape index (κ2) is 5.81. The largest absolute Gasteiger partial charge is 0.465 e. The van der Waals surface area contributed by atoms with Crippen molar-refractivity contribution in [3.63, 3.8) is 0 Å². The average molecular weight is 320 g/mol. The van der Waals surface area contributed by atoms with Gasteiger partial charge in [-0.2, -0.15) is 0 Å². The summed E-state index contributed by atoms with van der Waals surface area (Å²) in [7, 11) is 0. The van der Waals surface area contributed by atoms with Crippen molar-refractivity contribution in [1.82, 2.24) is 15.2 Å². The standard InChI is InChI=1S/C15H14ClN3O3/c16-13-4-3-10-2-1-9(7-12(10)17-13)8-19-6-5-11(14(19)20)18-15(21)22/h1-4,7,11,18H,5-6,8H2,(H,21,22)/t11-/m0/s1. The molecule has 0 spiro atoms. The minimum atomic E-state index is -1.18. The fraction of sp³-hybridized carbons (Fsp3) is 0.267. The van der Waals surface area contributed by atoms with E-state index in [1.54, 1.807) is 11.0 Å². The van der Waals surface area contributed by atoms with Crippen molar-refractivity contribution in [2.45, 2.75) is 19.0 Å². The third kappa shape index (κ3) is 2.96. The van der Waals surface area contributed by atoms with Gasteiger partial charge in [-0.05, 0) is 30.2 Å². The number of hydrogen-bond acceptors (Lipinski definition) is 3. The van der Waals surface area contributed by atoms with E-state index in [1.165, 1.54) is 0 Å². The molecule has 0 bridgehead atoms. The van der Waals surface area contributed by atoms with Crippen molar-refractivity contribution in [1.29, 1.82) is 0 Å². The van der Waals surface area contributed by atoms with Crippen LogP contribution in [-0.4, -0.2) is 39.6 Å². The van der Waals surface area contributed by atoms with Crippen molar-refractivity contribution in [2.24, 2.45) is 0 Å². The molecule has 1 aliphatic rings. The summed E-state index contributed by atoms with van der Waals surface area (Å²) < 4.78 is 0. The molecule has 2 amide bonds. The molecule has 1 fully saturated rings. The van der Waals surface area contributed by atoms with Crippen LogP contribution < -0.4 is 5.32 Å². The molecular formula is C15H14ClN3O3. The molecular weight excluding hydrogens is 306 g/mol. The summed E-state index contributed by atoms with van der Waals surface area (Å²) in [6.07, 6.45) is -0.687. The lowest BCUT2D eigenvalue weighted by Crippen LogP contribution is -2.40. The molecule has 0 aliphatic carbocycles. The van der Waals surface area contributed by atoms with Crippen LogP contribution in [0.4, 0.5) is 4.79 Å². The van der Waals surface area contributed by atoms with E-state index in [4.69, 9.17) is 16.7 Å². The fourth-order valence-electron chi connectivity index (χ4n) is 2.64. The summed E-state index contributed by atoms with van der Waals surface area (Å²) in [6, 6.07) is 8.74. The van der Waals surface area contributed by atoms with Gasteiger partial charge in [0.05, 0.1) is 5.52 Å². The Morgan fingerprint density at radius 3 is 2.95 bits per heavy atom. The van der Waals surface area contributed by atoms with Crippen LogP contribution >= 0.6 is 11.6 Å². The van der Waals surface area contributed by atoms with Gasteiger partial charge in [-0.15, -0.1) is 0 Å². The van der Waals surface area contributed by atoms with E-state index in [2.05, 4.69) is 10.3 Å². The van der Waals surface area contributed by atoms with Crippen molar-refractivity contribution in [2.75, 3.05) is 6.54 Å². The van der Waals surface area contributed by atoms with E-state index in [9.17, 15) is 9.59 Å². The summed E-state index contributed by atoms with van der Waals surface area (Å²) >= 11 is 5.89. The molecule has 1 aromatic carbocycles. The molecule has 1 atom stereocenters. The predicted octanol–water partition coefficient (Wildman–Crippen LogP) is 2.26. The van der Waals surface area contributed by atoms with Crippen molar-refractivity contribution >= 4 is 34.5 Å². The molecule has 1 aliphatic heterocycles. The number of carboxylic acid groups (broad SMARTS) is 1. The number of likely N-dealkylation sites (tertiary alicyclic amines) is 1. The van der Waals surface area contributed by atoms with Gasteiger partial charge in [0.1, 0.15) is 11.2 Å². The Morgan fingerprint density at radius 2 is 2.18 bits per heavy atom. The molecule has 0 saturated carbocycles. The number of pyridine rings is 1. The maximum atomic E-state index is 12.1. The summed E-state index contributed by atoms with van der Waals surface area (Å²) in [5.41, 5.74) is 1.71. The first-order valence-electron chi connectivity index (χ1n) is 6.86. The third-order valence-electron chi connectivity index (χ3n) is 3.69. The van der Waals surface area contributed by atoms with Crippen LogP contribution in [0, 0.1) is 0 Å². The van der Waals surface area contributed by atoms with Gasteiger partial charge >= 0.3 is 6.09 Å². The Bertz CT molecular complexity index is 750. The fourth-order valence-corrected chi connectivity index (χ4v) is 2.79. The number of carbonyl (C=O) groups is 2. The molecule has 114 valence electrons. The highest BCUT2D eigenvalue weighted by Gasteiger charge is 2.32. The zero-order valence-corrected chi connectivity index (χ0v) is 12.4. The highest BCUT2D eigenvalue weighted by Crippen LogP contribution is 2.20. The Labute approximate surface area is 131 Å². The summed E-state index contributed by atoms with van der Waals surface area (Å²) in [4.78, 5) is 28.7. The SMILES string of the molecule is O=C(O)N[C@H]1CCN(Cc2ccc3ccc(Cl)nc3c2)C1=O. The van der Waals surface area contributed by atoms with Crippen LogP contribution in [0.5, 0.6) is 0 Å². The lowest BCUT2D eigenvalue weighted by Gasteiger charge is -2.17. The lowest BCUT2D eigenvalue weighted by molar-refractivity contribution is -0.129. The van der Waals surface area contributed by atoms with Crippen LogP contribution in [0.3, 0.4) is 0 Å². The maximum absolute atomic E-state index is 12.1. The molecule has 2 N–H and O–H groups in total. The van der Waals surface area contributed by atoms with Gasteiger partial charge in [-0.25, -0.2) is 9.78 Å². The van der Waals surface area contributed by atoms with E-state index in [0.29, 0.717) is 24.7 Å². The van der Waals surface area contributed by atoms with Gasteiger partial charge in [0.2, 0.25) is 5.91 Å². The number of amides is 2. The number of rotatable bonds is 3. The quantitative estimate of drug-likeness (QED) is 0.850. The second-order valence-electron chi connectivity index (χ2n) is 5.21. The zero-order chi connectivity index (χ0) is 15.7. The van der Waals surface area contributed by atoms with Crippen LogP contribution in [-0.2, 0) is 11.3 Å². The first-order valence-corrected chi connectivity index (χ1v) is 7.24. The average Bonchev–Trinajstić information content (AvgIpc) is 2.79. The van der Waals surface area contributed by atoms with E-state index in [0.717, 1.165) is 16.5 Å². The number of carbonyl (C=O) groups excluding carboxylic acids is 1. The third-order valence-corrected chi connectivity index (χ3v) is 3.90. The summed E-state index contributed by atoms with van der Waals surface area (Å²) in [5, 5.41) is 12.4. The molecule has 22 heavy (non-hydrogen) atoms. The van der Waals surface area contributed by atoms with E-state index in [1.807, 2.05) is 24.3 Å². The normalized spacial score (nSPS) is 18.0. The molecule has 1 saturated heterocycles. The summed E-state index contributed by atoms with van der Waals surface area (Å²) in [5.74, 6) is -0.193. The zero-order valence-electron chi connectivity index (χ0n) is 11.6. The Morgan fingerprint density at radius 1 is 1.41 bits per heavy atom. The molecule has 0 unspecified atom stereocenters. The Balaban J connectivity index is 1.76. The van der Waals surface area contributed by atoms with Crippen LogP contribution in [0.2, 0.25) is 5.15 Å². The van der Waals surface area contributed by atoms with Gasteiger partial charge in [0, 0.05) is 18.5 Å². The van der Waals surface area contributed by atoms with Crippen LogP contribution in [0.25, 0.3) is 10.9 Å². The molecule has 7 heteroatoms. The van der Waals surface area contributed by atoms with Gasteiger partial charge in [0.15, 0.2) is 0 Å². The molecule has 2 heterocycles. The smallest absolute Gasteiger partial charge is 0.405 e. The van der Waals surface area contributed by atoms with E-state index < -0.39 is 12.1 Å². The van der Waals surface area contributed by atoms with E-state index in [-0.39, 0.29) is 5.91 Å². The monoisotopic (exact) mass is 319 g/mol. The minimum Gasteiger partial charge on any atom is -0.465 e. The molecule has 6 nitrogen and oxygen atoms in total. The van der Waals surface area contributed by atoms with Gasteiger partial charge < -0.3 is 15.3 Å². The predicted molar refractivity (Wildman–Crippen MR) is 81.7 cm³/mol. The first-order chi connectivity index (χ1) is 10.5. The highest BCUT2D eigenvalue weighted by atomic mass is 35.5. The number of nitrogens with zero attached hydrogens (tertiary/aromatic N) is 2. The van der Waals surface area contributed by atoms with Crippen LogP contribution in [0.1, 0.15) is 12.0 Å². The Hall–Kier alpha value is -2.34. The number of hydrogen-bond donors (Lipinski definition) is 2. The lowest BCUT2D eigenvalue weighted by atomic mass is 10.1. The van der Waals surface area contributed by atoms with Gasteiger partial charge in [-0.3, -0.25) is 4.79 Å². The number of benzene rings is 1. The second-order valence-corrected chi connectivity index (χ2v) is 5.60. The number of aromatic nitrogens is 1. The van der Waals surface area contributed by atoms with Crippen LogP contribution in [0.15, 0.2) is 30.3 Å². The van der Waals surface area contributed by atoms with Gasteiger partial charge in [0.25, 0.3) is 0 Å². The highest BCUT2D eigenvalue weighted by molar-refractivity contribution is 6.29. The van der Waals surface area contributed by atoms with E-state index >= 15 is 0 Å². The molecule has 3 rings (SSSR count). The number of fused-ring (bicyclic) bond motifs is 1. The maximum Gasteiger partial charge on any atom is 0.405 e.